The minimum Gasteiger partial charge on any atom is -0.278 e. The summed E-state index contributed by atoms with van der Waals surface area (Å²) >= 11 is 0. The van der Waals surface area contributed by atoms with Crippen LogP contribution in [0.1, 0.15) is 18.4 Å². The second-order valence-corrected chi connectivity index (χ2v) is 4.56. The smallest absolute Gasteiger partial charge is 0.229 e. The molecule has 0 atom stereocenters. The molecule has 0 N–H and O–H groups in total. The summed E-state index contributed by atoms with van der Waals surface area (Å²) < 4.78 is 0. The van der Waals surface area contributed by atoms with E-state index in [2.05, 4.69) is 0 Å². The minimum absolute atomic E-state index is 0.0619. The second-order valence-electron chi connectivity index (χ2n) is 4.56. The monoisotopic (exact) mass is 239 g/mol. The number of amides is 2. The summed E-state index contributed by atoms with van der Waals surface area (Å²) in [5.74, 6) is -0.124. The van der Waals surface area contributed by atoms with Gasteiger partial charge in [0.1, 0.15) is 0 Å². The first-order chi connectivity index (χ1) is 8.74. The Morgan fingerprint density at radius 3 is 2.28 bits per heavy atom. The van der Waals surface area contributed by atoms with E-state index in [1.165, 1.54) is 10.3 Å². The van der Waals surface area contributed by atoms with Crippen molar-refractivity contribution < 1.29 is 9.59 Å². The van der Waals surface area contributed by atoms with Crippen LogP contribution in [0.15, 0.2) is 42.5 Å². The number of imide groups is 1. The van der Waals surface area contributed by atoms with Gasteiger partial charge >= 0.3 is 0 Å². The van der Waals surface area contributed by atoms with Crippen molar-refractivity contribution in [2.24, 2.45) is 0 Å². The molecule has 1 saturated heterocycles. The third-order valence-electron chi connectivity index (χ3n) is 3.31. The Morgan fingerprint density at radius 1 is 0.889 bits per heavy atom. The van der Waals surface area contributed by atoms with Crippen LogP contribution >= 0.6 is 0 Å². The van der Waals surface area contributed by atoms with E-state index in [1.807, 2.05) is 42.5 Å². The summed E-state index contributed by atoms with van der Waals surface area (Å²) in [6.07, 6.45) is 0.707. The van der Waals surface area contributed by atoms with Crippen molar-refractivity contribution in [2.75, 3.05) is 0 Å². The number of fused-ring (bicyclic) bond motifs is 1. The SMILES string of the molecule is O=C1CCC(=O)N1Cc1ccc2ccccc2c1. The van der Waals surface area contributed by atoms with E-state index in [0.29, 0.717) is 19.4 Å². The topological polar surface area (TPSA) is 37.4 Å². The van der Waals surface area contributed by atoms with Crippen molar-refractivity contribution in [3.63, 3.8) is 0 Å². The highest BCUT2D eigenvalue weighted by Crippen LogP contribution is 2.19. The number of benzene rings is 2. The molecular weight excluding hydrogens is 226 g/mol. The largest absolute Gasteiger partial charge is 0.278 e. The molecule has 1 aliphatic heterocycles. The number of nitrogens with zero attached hydrogens (tertiary/aromatic N) is 1. The Morgan fingerprint density at radius 2 is 1.56 bits per heavy atom. The lowest BCUT2D eigenvalue weighted by Crippen LogP contribution is -2.28. The van der Waals surface area contributed by atoms with Crippen LogP contribution in [0.25, 0.3) is 10.8 Å². The fraction of sp³-hybridized carbons (Fsp3) is 0.200. The predicted molar refractivity (Wildman–Crippen MR) is 68.7 cm³/mol. The number of hydrogen-bond donors (Lipinski definition) is 0. The minimum atomic E-state index is -0.0619. The molecule has 3 nitrogen and oxygen atoms in total. The Kier molecular flexibility index (Phi) is 2.59. The lowest BCUT2D eigenvalue weighted by Gasteiger charge is -2.14. The van der Waals surface area contributed by atoms with Gasteiger partial charge in [0.25, 0.3) is 0 Å². The average Bonchev–Trinajstić information content (AvgIpc) is 2.70. The summed E-state index contributed by atoms with van der Waals surface area (Å²) in [7, 11) is 0. The molecule has 1 fully saturated rings. The van der Waals surface area contributed by atoms with Gasteiger partial charge in [-0.1, -0.05) is 36.4 Å². The zero-order chi connectivity index (χ0) is 12.5. The summed E-state index contributed by atoms with van der Waals surface area (Å²) in [5.41, 5.74) is 0.998. The van der Waals surface area contributed by atoms with Gasteiger partial charge in [-0.2, -0.15) is 0 Å². The van der Waals surface area contributed by atoms with E-state index >= 15 is 0 Å². The van der Waals surface area contributed by atoms with Crippen molar-refractivity contribution >= 4 is 22.6 Å². The van der Waals surface area contributed by atoms with E-state index in [4.69, 9.17) is 0 Å². The van der Waals surface area contributed by atoms with E-state index in [1.54, 1.807) is 0 Å². The average molecular weight is 239 g/mol. The molecule has 0 spiro atoms. The Hall–Kier alpha value is -2.16. The van der Waals surface area contributed by atoms with Crippen LogP contribution in [-0.4, -0.2) is 16.7 Å². The molecule has 0 aromatic heterocycles. The molecule has 3 rings (SSSR count). The highest BCUT2D eigenvalue weighted by atomic mass is 16.2. The van der Waals surface area contributed by atoms with Gasteiger partial charge in [-0.25, -0.2) is 0 Å². The van der Waals surface area contributed by atoms with E-state index in [-0.39, 0.29) is 11.8 Å². The standard InChI is InChI=1S/C15H13NO2/c17-14-7-8-15(18)16(14)10-11-5-6-12-3-1-2-4-13(12)9-11/h1-6,9H,7-8,10H2. The molecule has 0 aliphatic carbocycles. The van der Waals surface area contributed by atoms with Gasteiger partial charge in [-0.05, 0) is 22.4 Å². The van der Waals surface area contributed by atoms with Crippen LogP contribution in [0, 0.1) is 0 Å². The first-order valence-corrected chi connectivity index (χ1v) is 6.05. The van der Waals surface area contributed by atoms with Gasteiger partial charge in [0.2, 0.25) is 11.8 Å². The molecule has 2 amide bonds. The zero-order valence-electron chi connectivity index (χ0n) is 9.93. The second kappa shape index (κ2) is 4.26. The third-order valence-corrected chi connectivity index (χ3v) is 3.31. The number of carbonyl (C=O) groups excluding carboxylic acids is 2. The van der Waals surface area contributed by atoms with Crippen molar-refractivity contribution in [3.05, 3.63) is 48.0 Å². The van der Waals surface area contributed by atoms with Gasteiger partial charge in [0.15, 0.2) is 0 Å². The van der Waals surface area contributed by atoms with Crippen LogP contribution in [0.3, 0.4) is 0 Å². The van der Waals surface area contributed by atoms with Gasteiger partial charge in [-0.3, -0.25) is 14.5 Å². The van der Waals surface area contributed by atoms with Crippen molar-refractivity contribution in [3.8, 4) is 0 Å². The summed E-state index contributed by atoms with van der Waals surface area (Å²) in [6, 6.07) is 14.1. The van der Waals surface area contributed by atoms with Crippen LogP contribution in [0.5, 0.6) is 0 Å². The number of carbonyl (C=O) groups is 2. The van der Waals surface area contributed by atoms with Crippen molar-refractivity contribution in [1.82, 2.24) is 4.90 Å². The molecule has 1 aliphatic rings. The normalized spacial score (nSPS) is 15.7. The molecule has 18 heavy (non-hydrogen) atoms. The maximum absolute atomic E-state index is 11.6. The molecule has 0 bridgehead atoms. The molecule has 3 heteroatoms. The van der Waals surface area contributed by atoms with Gasteiger partial charge in [-0.15, -0.1) is 0 Å². The maximum Gasteiger partial charge on any atom is 0.229 e. The number of rotatable bonds is 2. The molecule has 90 valence electrons. The van der Waals surface area contributed by atoms with Crippen molar-refractivity contribution in [2.45, 2.75) is 19.4 Å². The molecule has 2 aromatic carbocycles. The van der Waals surface area contributed by atoms with Crippen LogP contribution in [-0.2, 0) is 16.1 Å². The lowest BCUT2D eigenvalue weighted by molar-refractivity contribution is -0.139. The van der Waals surface area contributed by atoms with E-state index in [0.717, 1.165) is 10.9 Å². The van der Waals surface area contributed by atoms with Gasteiger partial charge < -0.3 is 0 Å². The van der Waals surface area contributed by atoms with Crippen molar-refractivity contribution in [1.29, 1.82) is 0 Å². The van der Waals surface area contributed by atoms with Crippen LogP contribution in [0.2, 0.25) is 0 Å². The van der Waals surface area contributed by atoms with Crippen LogP contribution in [0.4, 0.5) is 0 Å². The lowest BCUT2D eigenvalue weighted by atomic mass is 10.1. The first-order valence-electron chi connectivity index (χ1n) is 6.05. The Balaban J connectivity index is 1.91. The third kappa shape index (κ3) is 1.88. The quantitative estimate of drug-likeness (QED) is 0.755. The number of likely N-dealkylation sites (tertiary alicyclic amines) is 1. The highest BCUT2D eigenvalue weighted by molar-refractivity contribution is 6.01. The molecule has 0 radical (unpaired) electrons. The maximum atomic E-state index is 11.6. The van der Waals surface area contributed by atoms with E-state index < -0.39 is 0 Å². The molecule has 0 saturated carbocycles. The summed E-state index contributed by atoms with van der Waals surface area (Å²) in [5, 5.41) is 2.30. The Bertz CT molecular complexity index is 617. The molecule has 0 unspecified atom stereocenters. The highest BCUT2D eigenvalue weighted by Gasteiger charge is 2.28. The number of hydrogen-bond acceptors (Lipinski definition) is 2. The summed E-state index contributed by atoms with van der Waals surface area (Å²) in [6.45, 7) is 0.391. The summed E-state index contributed by atoms with van der Waals surface area (Å²) in [4.78, 5) is 24.5. The zero-order valence-corrected chi connectivity index (χ0v) is 9.93. The van der Waals surface area contributed by atoms with Gasteiger partial charge in [0.05, 0.1) is 6.54 Å². The first kappa shape index (κ1) is 11.0. The molecule has 2 aromatic rings. The van der Waals surface area contributed by atoms with Gasteiger partial charge in [0, 0.05) is 12.8 Å². The van der Waals surface area contributed by atoms with E-state index in [9.17, 15) is 9.59 Å². The van der Waals surface area contributed by atoms with Crippen LogP contribution < -0.4 is 0 Å². The molecule has 1 heterocycles. The fourth-order valence-electron chi connectivity index (χ4n) is 2.32. The Labute approximate surface area is 105 Å². The predicted octanol–water partition coefficient (Wildman–Crippen LogP) is 2.49. The molecular formula is C15H13NO2. The fourth-order valence-corrected chi connectivity index (χ4v) is 2.32.